The molecule has 0 unspecified atom stereocenters. The van der Waals surface area contributed by atoms with E-state index >= 15 is 0 Å². The van der Waals surface area contributed by atoms with Gasteiger partial charge >= 0.3 is 12.6 Å². The van der Waals surface area contributed by atoms with Gasteiger partial charge in [0.2, 0.25) is 0 Å². The number of aliphatic carboxylic acids is 1. The van der Waals surface area contributed by atoms with E-state index in [1.807, 2.05) is 12.1 Å². The smallest absolute Gasteiger partial charge is 0.387 e. The summed E-state index contributed by atoms with van der Waals surface area (Å²) in [5.41, 5.74) is 1.13. The number of rotatable bonds is 12. The van der Waals surface area contributed by atoms with Crippen LogP contribution in [-0.2, 0) is 10.2 Å². The minimum Gasteiger partial charge on any atom is -0.481 e. The third-order valence-electron chi connectivity index (χ3n) is 8.48. The van der Waals surface area contributed by atoms with Gasteiger partial charge in [-0.05, 0) is 73.5 Å². The van der Waals surface area contributed by atoms with Crippen LogP contribution in [0.3, 0.4) is 0 Å². The van der Waals surface area contributed by atoms with Crippen molar-refractivity contribution in [3.63, 3.8) is 0 Å². The summed E-state index contributed by atoms with van der Waals surface area (Å²) in [4.78, 5) is 11.6. The molecule has 0 radical (unpaired) electrons. The molecule has 2 fully saturated rings. The van der Waals surface area contributed by atoms with E-state index in [0.717, 1.165) is 18.8 Å². The van der Waals surface area contributed by atoms with Crippen LogP contribution in [-0.4, -0.2) is 17.7 Å². The molecule has 1 aromatic rings. The number of carboxylic acid groups (broad SMARTS) is 1. The van der Waals surface area contributed by atoms with Gasteiger partial charge in [-0.3, -0.25) is 4.79 Å². The summed E-state index contributed by atoms with van der Waals surface area (Å²) < 4.78 is 29.7. The van der Waals surface area contributed by atoms with Gasteiger partial charge in [0.1, 0.15) is 5.75 Å². The van der Waals surface area contributed by atoms with E-state index in [-0.39, 0.29) is 17.1 Å². The number of carboxylic acids is 1. The highest BCUT2D eigenvalue weighted by Crippen LogP contribution is 2.52. The molecule has 0 heterocycles. The fraction of sp³-hybridized carbons (Fsp3) is 0.750. The molecule has 0 aliphatic heterocycles. The molecule has 2 aliphatic rings. The van der Waals surface area contributed by atoms with Crippen molar-refractivity contribution >= 4 is 5.97 Å². The Labute approximate surface area is 198 Å². The summed E-state index contributed by atoms with van der Waals surface area (Å²) in [5.74, 6) is 0.595. The van der Waals surface area contributed by atoms with E-state index in [1.54, 1.807) is 12.1 Å². The lowest BCUT2D eigenvalue weighted by molar-refractivity contribution is -0.143. The molecule has 2 aliphatic carbocycles. The molecule has 1 N–H and O–H groups in total. The number of halogens is 2. The van der Waals surface area contributed by atoms with E-state index in [1.165, 1.54) is 76.2 Å². The van der Waals surface area contributed by atoms with Gasteiger partial charge in [0.15, 0.2) is 0 Å². The van der Waals surface area contributed by atoms with Crippen LogP contribution in [0, 0.1) is 17.8 Å². The standard InChI is InChI=1S/C28H42F2O3/c1-2-3-4-5-6-7-8-21-9-11-23(12-10-21)28(19-17-22(18-20-28)26(31)32)24-13-15-25(16-14-24)33-27(29)30/h13-16,21-23,27H,2-12,17-20H2,1H3,(H,31,32). The second-order valence-electron chi connectivity index (χ2n) is 10.4. The van der Waals surface area contributed by atoms with Crippen molar-refractivity contribution in [2.75, 3.05) is 0 Å². The van der Waals surface area contributed by atoms with Crippen molar-refractivity contribution in [3.05, 3.63) is 29.8 Å². The van der Waals surface area contributed by atoms with E-state index in [0.29, 0.717) is 18.8 Å². The first-order chi connectivity index (χ1) is 15.9. The Morgan fingerprint density at radius 1 is 0.970 bits per heavy atom. The molecule has 0 bridgehead atoms. The highest BCUT2D eigenvalue weighted by atomic mass is 19.3. The first-order valence-electron chi connectivity index (χ1n) is 13.2. The van der Waals surface area contributed by atoms with Crippen LogP contribution in [0.1, 0.15) is 109 Å². The Morgan fingerprint density at radius 3 is 2.15 bits per heavy atom. The molecule has 1 aromatic carbocycles. The quantitative estimate of drug-likeness (QED) is 0.316. The molecular weight excluding hydrogens is 422 g/mol. The lowest BCUT2D eigenvalue weighted by Crippen LogP contribution is -2.42. The van der Waals surface area contributed by atoms with Crippen molar-refractivity contribution in [2.24, 2.45) is 17.8 Å². The van der Waals surface area contributed by atoms with Crippen molar-refractivity contribution in [1.29, 1.82) is 0 Å². The van der Waals surface area contributed by atoms with E-state index in [2.05, 4.69) is 11.7 Å². The Bertz CT molecular complexity index is 702. The van der Waals surface area contributed by atoms with Gasteiger partial charge < -0.3 is 9.84 Å². The van der Waals surface area contributed by atoms with Crippen LogP contribution in [0.5, 0.6) is 5.75 Å². The van der Waals surface area contributed by atoms with E-state index in [4.69, 9.17) is 0 Å². The summed E-state index contributed by atoms with van der Waals surface area (Å²) in [7, 11) is 0. The zero-order chi connectivity index (χ0) is 23.7. The maximum atomic E-state index is 12.6. The van der Waals surface area contributed by atoms with Crippen LogP contribution in [0.4, 0.5) is 8.78 Å². The monoisotopic (exact) mass is 464 g/mol. The van der Waals surface area contributed by atoms with Gasteiger partial charge in [-0.15, -0.1) is 0 Å². The van der Waals surface area contributed by atoms with Crippen molar-refractivity contribution in [2.45, 2.75) is 115 Å². The summed E-state index contributed by atoms with van der Waals surface area (Å²) in [6, 6.07) is 7.19. The number of ether oxygens (including phenoxy) is 1. The van der Waals surface area contributed by atoms with Gasteiger partial charge in [-0.1, -0.05) is 76.8 Å². The average Bonchev–Trinajstić information content (AvgIpc) is 2.82. The molecule has 3 rings (SSSR count). The number of benzene rings is 1. The second-order valence-corrected chi connectivity index (χ2v) is 10.4. The van der Waals surface area contributed by atoms with Gasteiger partial charge in [-0.2, -0.15) is 8.78 Å². The van der Waals surface area contributed by atoms with Gasteiger partial charge in [-0.25, -0.2) is 0 Å². The summed E-state index contributed by atoms with van der Waals surface area (Å²) in [6.45, 7) is -0.567. The first kappa shape index (κ1) is 26.0. The molecule has 0 atom stereocenters. The second kappa shape index (κ2) is 12.7. The molecule has 186 valence electrons. The fourth-order valence-electron chi connectivity index (χ4n) is 6.50. The van der Waals surface area contributed by atoms with E-state index in [9.17, 15) is 18.7 Å². The summed E-state index contributed by atoms with van der Waals surface area (Å²) >= 11 is 0. The van der Waals surface area contributed by atoms with Crippen LogP contribution in [0.15, 0.2) is 24.3 Å². The number of carbonyl (C=O) groups is 1. The van der Waals surface area contributed by atoms with Crippen molar-refractivity contribution in [3.8, 4) is 5.75 Å². The minimum atomic E-state index is -2.82. The number of unbranched alkanes of at least 4 members (excludes halogenated alkanes) is 5. The third kappa shape index (κ3) is 7.16. The Morgan fingerprint density at radius 2 is 1.58 bits per heavy atom. The maximum absolute atomic E-state index is 12.6. The Hall–Kier alpha value is -1.65. The molecule has 0 saturated heterocycles. The largest absolute Gasteiger partial charge is 0.481 e. The van der Waals surface area contributed by atoms with Gasteiger partial charge in [0.25, 0.3) is 0 Å². The molecule has 2 saturated carbocycles. The Kier molecular flexibility index (Phi) is 10.0. The van der Waals surface area contributed by atoms with Gasteiger partial charge in [0.05, 0.1) is 5.92 Å². The number of hydrogen-bond acceptors (Lipinski definition) is 2. The molecule has 0 spiro atoms. The van der Waals surface area contributed by atoms with Crippen molar-refractivity contribution < 1.29 is 23.4 Å². The predicted molar refractivity (Wildman–Crippen MR) is 128 cm³/mol. The highest BCUT2D eigenvalue weighted by Gasteiger charge is 2.45. The van der Waals surface area contributed by atoms with Crippen molar-refractivity contribution in [1.82, 2.24) is 0 Å². The lowest BCUT2D eigenvalue weighted by Gasteiger charge is -2.48. The van der Waals surface area contributed by atoms with E-state index < -0.39 is 12.6 Å². The lowest BCUT2D eigenvalue weighted by atomic mass is 9.56. The molecule has 0 aromatic heterocycles. The first-order valence-corrected chi connectivity index (χ1v) is 13.2. The minimum absolute atomic E-state index is 0.0412. The zero-order valence-electron chi connectivity index (χ0n) is 20.2. The van der Waals surface area contributed by atoms with Crippen LogP contribution in [0.25, 0.3) is 0 Å². The molecular formula is C28H42F2O3. The topological polar surface area (TPSA) is 46.5 Å². The predicted octanol–water partition coefficient (Wildman–Crippen LogP) is 8.36. The molecule has 33 heavy (non-hydrogen) atoms. The number of hydrogen-bond donors (Lipinski definition) is 1. The number of alkyl halides is 2. The van der Waals surface area contributed by atoms with Crippen LogP contribution in [0.2, 0.25) is 0 Å². The SMILES string of the molecule is CCCCCCCCC1CCC(C2(c3ccc(OC(F)F)cc3)CCC(C(=O)O)CC2)CC1. The summed E-state index contributed by atoms with van der Waals surface area (Å²) in [6.07, 6.45) is 17.4. The zero-order valence-corrected chi connectivity index (χ0v) is 20.2. The third-order valence-corrected chi connectivity index (χ3v) is 8.48. The van der Waals surface area contributed by atoms with Crippen LogP contribution < -0.4 is 4.74 Å². The van der Waals surface area contributed by atoms with Crippen LogP contribution >= 0.6 is 0 Å². The van der Waals surface area contributed by atoms with Gasteiger partial charge in [0, 0.05) is 0 Å². The Balaban J connectivity index is 1.62. The normalized spacial score (nSPS) is 28.1. The highest BCUT2D eigenvalue weighted by molar-refractivity contribution is 5.70. The molecule has 3 nitrogen and oxygen atoms in total. The molecule has 5 heteroatoms. The molecule has 0 amide bonds. The fourth-order valence-corrected chi connectivity index (χ4v) is 6.50. The average molecular weight is 465 g/mol. The maximum Gasteiger partial charge on any atom is 0.387 e. The summed E-state index contributed by atoms with van der Waals surface area (Å²) in [5, 5.41) is 9.51.